The molecule has 1 saturated heterocycles. The fourth-order valence-corrected chi connectivity index (χ4v) is 2.75. The Kier molecular flexibility index (Phi) is 5.25. The number of nitrogens with one attached hydrogen (secondary N) is 1. The molecule has 3 nitrogen and oxygen atoms in total. The van der Waals surface area contributed by atoms with E-state index in [0.29, 0.717) is 13.0 Å². The quantitative estimate of drug-likeness (QED) is 0.919. The van der Waals surface area contributed by atoms with Crippen LogP contribution in [0.2, 0.25) is 0 Å². The van der Waals surface area contributed by atoms with Gasteiger partial charge in [-0.3, -0.25) is 4.79 Å². The van der Waals surface area contributed by atoms with Crippen molar-refractivity contribution >= 4 is 27.5 Å². The van der Waals surface area contributed by atoms with Gasteiger partial charge in [0.05, 0.1) is 0 Å². The van der Waals surface area contributed by atoms with E-state index in [9.17, 15) is 4.79 Å². The van der Waals surface area contributed by atoms with Crippen LogP contribution in [0.3, 0.4) is 0 Å². The second-order valence-corrected chi connectivity index (χ2v) is 6.07. The summed E-state index contributed by atoms with van der Waals surface area (Å²) in [6.07, 6.45) is 2.85. The Bertz CT molecular complexity index is 428. The number of carbonyl (C=O) groups is 1. The molecular weight excluding hydrogens is 304 g/mol. The minimum absolute atomic E-state index is 0.270. The number of rotatable bonds is 4. The normalized spacial score (nSPS) is 16.4. The van der Waals surface area contributed by atoms with Gasteiger partial charge in [0.15, 0.2) is 0 Å². The fourth-order valence-electron chi connectivity index (χ4n) is 2.32. The van der Waals surface area contributed by atoms with Crippen molar-refractivity contribution in [1.82, 2.24) is 4.90 Å². The molecular formula is C15H21BrN2O. The van der Waals surface area contributed by atoms with Gasteiger partial charge in [-0.2, -0.15) is 0 Å². The SMILES string of the molecule is CC1CCN(C(=O)CCNc2ccccc2Br)CC1. The molecule has 4 heteroatoms. The van der Waals surface area contributed by atoms with Crippen LogP contribution in [0.25, 0.3) is 0 Å². The third kappa shape index (κ3) is 4.23. The summed E-state index contributed by atoms with van der Waals surface area (Å²) in [6.45, 7) is 4.80. The number of amides is 1. The molecule has 19 heavy (non-hydrogen) atoms. The molecule has 104 valence electrons. The molecule has 1 amide bonds. The highest BCUT2D eigenvalue weighted by molar-refractivity contribution is 9.10. The molecule has 1 aromatic carbocycles. The molecule has 1 fully saturated rings. The summed E-state index contributed by atoms with van der Waals surface area (Å²) in [5.41, 5.74) is 1.04. The predicted octanol–water partition coefficient (Wildman–Crippen LogP) is 3.51. The van der Waals surface area contributed by atoms with Crippen molar-refractivity contribution in [3.8, 4) is 0 Å². The van der Waals surface area contributed by atoms with E-state index in [0.717, 1.165) is 42.0 Å². The number of hydrogen-bond acceptors (Lipinski definition) is 2. The summed E-state index contributed by atoms with van der Waals surface area (Å²) in [5, 5.41) is 3.30. The maximum Gasteiger partial charge on any atom is 0.224 e. The van der Waals surface area contributed by atoms with Crippen LogP contribution in [0, 0.1) is 5.92 Å². The van der Waals surface area contributed by atoms with Crippen molar-refractivity contribution in [2.24, 2.45) is 5.92 Å². The summed E-state index contributed by atoms with van der Waals surface area (Å²) >= 11 is 3.49. The molecule has 0 bridgehead atoms. The van der Waals surface area contributed by atoms with Crippen molar-refractivity contribution in [3.05, 3.63) is 28.7 Å². The number of benzene rings is 1. The van der Waals surface area contributed by atoms with Crippen molar-refractivity contribution in [1.29, 1.82) is 0 Å². The van der Waals surface area contributed by atoms with Gasteiger partial charge in [-0.15, -0.1) is 0 Å². The lowest BCUT2D eigenvalue weighted by atomic mass is 9.99. The van der Waals surface area contributed by atoms with E-state index in [1.165, 1.54) is 0 Å². The smallest absolute Gasteiger partial charge is 0.224 e. The number of hydrogen-bond donors (Lipinski definition) is 1. The monoisotopic (exact) mass is 324 g/mol. The molecule has 0 unspecified atom stereocenters. The summed E-state index contributed by atoms with van der Waals surface area (Å²) in [6, 6.07) is 7.98. The lowest BCUT2D eigenvalue weighted by Gasteiger charge is -2.30. The Balaban J connectivity index is 1.74. The summed E-state index contributed by atoms with van der Waals surface area (Å²) in [7, 11) is 0. The first-order valence-electron chi connectivity index (χ1n) is 6.93. The molecule has 0 aliphatic carbocycles. The van der Waals surface area contributed by atoms with E-state index in [-0.39, 0.29) is 5.91 Å². The first-order chi connectivity index (χ1) is 9.16. The average molecular weight is 325 g/mol. The molecule has 0 saturated carbocycles. The van der Waals surface area contributed by atoms with Crippen LogP contribution in [0.5, 0.6) is 0 Å². The van der Waals surface area contributed by atoms with Gasteiger partial charge >= 0.3 is 0 Å². The van der Waals surface area contributed by atoms with Crippen molar-refractivity contribution in [2.75, 3.05) is 25.0 Å². The second kappa shape index (κ2) is 6.94. The molecule has 2 rings (SSSR count). The van der Waals surface area contributed by atoms with E-state index < -0.39 is 0 Å². The zero-order chi connectivity index (χ0) is 13.7. The van der Waals surface area contributed by atoms with Crippen molar-refractivity contribution in [3.63, 3.8) is 0 Å². The third-order valence-electron chi connectivity index (χ3n) is 3.66. The van der Waals surface area contributed by atoms with Gasteiger partial charge in [0.2, 0.25) is 5.91 Å². The Morgan fingerprint density at radius 3 is 2.74 bits per heavy atom. The second-order valence-electron chi connectivity index (χ2n) is 5.22. The Morgan fingerprint density at radius 1 is 1.37 bits per heavy atom. The maximum atomic E-state index is 12.1. The molecule has 1 aromatic rings. The number of para-hydroxylation sites is 1. The number of piperidine rings is 1. The van der Waals surface area contributed by atoms with Crippen LogP contribution in [0.15, 0.2) is 28.7 Å². The van der Waals surface area contributed by atoms with Crippen LogP contribution in [-0.4, -0.2) is 30.4 Å². The zero-order valence-corrected chi connectivity index (χ0v) is 12.9. The van der Waals surface area contributed by atoms with E-state index in [1.807, 2.05) is 29.2 Å². The van der Waals surface area contributed by atoms with Gasteiger partial charge in [0.25, 0.3) is 0 Å². The Morgan fingerprint density at radius 2 is 2.05 bits per heavy atom. The summed E-state index contributed by atoms with van der Waals surface area (Å²) in [5.74, 6) is 1.04. The van der Waals surface area contributed by atoms with Crippen molar-refractivity contribution < 1.29 is 4.79 Å². The van der Waals surface area contributed by atoms with Crippen LogP contribution in [0.4, 0.5) is 5.69 Å². The van der Waals surface area contributed by atoms with E-state index in [4.69, 9.17) is 0 Å². The predicted molar refractivity (Wildman–Crippen MR) is 82.2 cm³/mol. The lowest BCUT2D eigenvalue weighted by molar-refractivity contribution is -0.132. The van der Waals surface area contributed by atoms with E-state index in [1.54, 1.807) is 0 Å². The fraction of sp³-hybridized carbons (Fsp3) is 0.533. The van der Waals surface area contributed by atoms with E-state index in [2.05, 4.69) is 28.2 Å². The van der Waals surface area contributed by atoms with Crippen LogP contribution < -0.4 is 5.32 Å². The number of nitrogens with zero attached hydrogens (tertiary/aromatic N) is 1. The van der Waals surface area contributed by atoms with Crippen LogP contribution in [-0.2, 0) is 4.79 Å². The zero-order valence-electron chi connectivity index (χ0n) is 11.4. The first-order valence-corrected chi connectivity index (χ1v) is 7.72. The topological polar surface area (TPSA) is 32.3 Å². The molecule has 1 N–H and O–H groups in total. The minimum atomic E-state index is 0.270. The highest BCUT2D eigenvalue weighted by Gasteiger charge is 2.19. The highest BCUT2D eigenvalue weighted by atomic mass is 79.9. The summed E-state index contributed by atoms with van der Waals surface area (Å²) < 4.78 is 1.04. The number of carbonyl (C=O) groups excluding carboxylic acids is 1. The van der Waals surface area contributed by atoms with Gasteiger partial charge in [0.1, 0.15) is 0 Å². The molecule has 0 spiro atoms. The summed E-state index contributed by atoms with van der Waals surface area (Å²) in [4.78, 5) is 14.1. The first kappa shape index (κ1) is 14.4. The maximum absolute atomic E-state index is 12.1. The molecule has 0 atom stereocenters. The lowest BCUT2D eigenvalue weighted by Crippen LogP contribution is -2.38. The number of likely N-dealkylation sites (tertiary alicyclic amines) is 1. The molecule has 1 aliphatic rings. The Labute approximate surface area is 123 Å². The standard InChI is InChI=1S/C15H21BrN2O/c1-12-7-10-18(11-8-12)15(19)6-9-17-14-5-3-2-4-13(14)16/h2-5,12,17H,6-11H2,1H3. The number of anilines is 1. The molecule has 1 heterocycles. The Hall–Kier alpha value is -1.03. The van der Waals surface area contributed by atoms with Gasteiger partial charge in [0, 0.05) is 36.2 Å². The molecule has 0 radical (unpaired) electrons. The third-order valence-corrected chi connectivity index (χ3v) is 4.36. The largest absolute Gasteiger partial charge is 0.384 e. The van der Waals surface area contributed by atoms with Gasteiger partial charge in [-0.1, -0.05) is 19.1 Å². The van der Waals surface area contributed by atoms with Crippen LogP contribution >= 0.6 is 15.9 Å². The van der Waals surface area contributed by atoms with Crippen LogP contribution in [0.1, 0.15) is 26.2 Å². The highest BCUT2D eigenvalue weighted by Crippen LogP contribution is 2.21. The van der Waals surface area contributed by atoms with Crippen molar-refractivity contribution in [2.45, 2.75) is 26.2 Å². The average Bonchev–Trinajstić information content (AvgIpc) is 2.41. The van der Waals surface area contributed by atoms with E-state index >= 15 is 0 Å². The van der Waals surface area contributed by atoms with Gasteiger partial charge in [-0.05, 0) is 46.8 Å². The van der Waals surface area contributed by atoms with Gasteiger partial charge in [-0.25, -0.2) is 0 Å². The minimum Gasteiger partial charge on any atom is -0.384 e. The molecule has 1 aliphatic heterocycles. The van der Waals surface area contributed by atoms with Gasteiger partial charge < -0.3 is 10.2 Å². The molecule has 0 aromatic heterocycles. The number of halogens is 1.